The Morgan fingerprint density at radius 2 is 1.54 bits per heavy atom. The number of benzene rings is 2. The third-order valence-corrected chi connectivity index (χ3v) is 4.30. The van der Waals surface area contributed by atoms with Gasteiger partial charge in [-0.1, -0.05) is 24.3 Å². The molecule has 2 aromatic rings. The number of carbonyl (C=O) groups is 2. The maximum absolute atomic E-state index is 12.5. The van der Waals surface area contributed by atoms with Crippen LogP contribution in [0.5, 0.6) is 0 Å². The fourth-order valence-corrected chi connectivity index (χ4v) is 2.93. The van der Waals surface area contributed by atoms with E-state index in [2.05, 4.69) is 5.32 Å². The van der Waals surface area contributed by atoms with Gasteiger partial charge in [-0.05, 0) is 35.4 Å². The van der Waals surface area contributed by atoms with E-state index in [9.17, 15) is 9.59 Å². The second-order valence-corrected chi connectivity index (χ2v) is 6.21. The fourth-order valence-electron chi connectivity index (χ4n) is 2.93. The molecule has 1 aliphatic heterocycles. The van der Waals surface area contributed by atoms with E-state index in [1.54, 1.807) is 18.2 Å². The van der Waals surface area contributed by atoms with Gasteiger partial charge in [0.1, 0.15) is 0 Å². The van der Waals surface area contributed by atoms with Crippen molar-refractivity contribution < 1.29 is 19.4 Å². The van der Waals surface area contributed by atoms with E-state index < -0.39 is 5.97 Å². The summed E-state index contributed by atoms with van der Waals surface area (Å²) in [6, 6.07) is 14.4. The van der Waals surface area contributed by atoms with Crippen LogP contribution in [0.25, 0.3) is 0 Å². The molecule has 0 saturated carbocycles. The van der Waals surface area contributed by atoms with Gasteiger partial charge in [0.15, 0.2) is 0 Å². The monoisotopic (exact) mass is 354 g/mol. The normalized spacial score (nSPS) is 14.2. The van der Waals surface area contributed by atoms with E-state index in [1.807, 2.05) is 35.2 Å². The van der Waals surface area contributed by atoms with Crippen molar-refractivity contribution in [2.24, 2.45) is 0 Å². The van der Waals surface area contributed by atoms with E-state index >= 15 is 0 Å². The van der Waals surface area contributed by atoms with Crippen LogP contribution in [0.2, 0.25) is 0 Å². The molecular formula is C20H22N2O4. The number of carbonyl (C=O) groups excluding carboxylic acids is 1. The van der Waals surface area contributed by atoms with Crippen LogP contribution in [0.15, 0.2) is 48.5 Å². The lowest BCUT2D eigenvalue weighted by atomic mass is 10.1. The minimum absolute atomic E-state index is 0.0318. The number of carboxylic acid groups (broad SMARTS) is 1. The zero-order valence-corrected chi connectivity index (χ0v) is 14.5. The van der Waals surface area contributed by atoms with Gasteiger partial charge >= 0.3 is 5.97 Å². The van der Waals surface area contributed by atoms with Crippen molar-refractivity contribution in [3.8, 4) is 0 Å². The molecule has 0 bridgehead atoms. The second kappa shape index (κ2) is 8.60. The number of nitrogens with zero attached hydrogens (tertiary/aromatic N) is 1. The Balaban J connectivity index is 1.58. The van der Waals surface area contributed by atoms with Crippen LogP contribution in [0, 0.1) is 0 Å². The Morgan fingerprint density at radius 1 is 0.962 bits per heavy atom. The Labute approximate surface area is 152 Å². The number of amides is 1. The van der Waals surface area contributed by atoms with Gasteiger partial charge in [-0.2, -0.15) is 0 Å². The Kier molecular flexibility index (Phi) is 5.99. The van der Waals surface area contributed by atoms with Crippen LogP contribution in [0.1, 0.15) is 31.8 Å². The number of ether oxygens (including phenoxy) is 1. The maximum Gasteiger partial charge on any atom is 0.335 e. The second-order valence-electron chi connectivity index (χ2n) is 6.21. The zero-order chi connectivity index (χ0) is 18.4. The predicted octanol–water partition coefficient (Wildman–Crippen LogP) is 2.15. The number of carboxylic acids is 1. The smallest absolute Gasteiger partial charge is 0.335 e. The summed E-state index contributed by atoms with van der Waals surface area (Å²) in [4.78, 5) is 25.4. The van der Waals surface area contributed by atoms with Crippen molar-refractivity contribution in [2.75, 3.05) is 26.3 Å². The molecule has 6 nitrogen and oxygen atoms in total. The summed E-state index contributed by atoms with van der Waals surface area (Å²) in [5, 5.41) is 12.3. The van der Waals surface area contributed by atoms with E-state index in [-0.39, 0.29) is 11.5 Å². The standard InChI is InChI=1S/C20H22N2O4/c23-19(22-7-9-26-10-8-22)17-5-1-3-15(11-17)13-21-14-16-4-2-6-18(12-16)20(24)25/h1-6,11-12,21H,7-10,13-14H2,(H,24,25). The molecule has 1 amide bonds. The highest BCUT2D eigenvalue weighted by atomic mass is 16.5. The van der Waals surface area contributed by atoms with Gasteiger partial charge in [0, 0.05) is 31.7 Å². The molecule has 1 aliphatic rings. The third kappa shape index (κ3) is 4.68. The molecular weight excluding hydrogens is 332 g/mol. The summed E-state index contributed by atoms with van der Waals surface area (Å²) in [6.45, 7) is 3.58. The molecule has 3 rings (SSSR count). The van der Waals surface area contributed by atoms with Crippen LogP contribution >= 0.6 is 0 Å². The summed E-state index contributed by atoms with van der Waals surface area (Å²) < 4.78 is 5.29. The van der Waals surface area contributed by atoms with Gasteiger partial charge < -0.3 is 20.1 Å². The summed E-state index contributed by atoms with van der Waals surface area (Å²) in [6.07, 6.45) is 0. The highest BCUT2D eigenvalue weighted by Gasteiger charge is 2.18. The number of rotatable bonds is 6. The Bertz CT molecular complexity index is 785. The molecule has 0 aromatic heterocycles. The minimum Gasteiger partial charge on any atom is -0.478 e. The van der Waals surface area contributed by atoms with Crippen LogP contribution in [0.3, 0.4) is 0 Å². The molecule has 0 unspecified atom stereocenters. The number of morpholine rings is 1. The van der Waals surface area contributed by atoms with Crippen molar-refractivity contribution >= 4 is 11.9 Å². The number of hydrogen-bond donors (Lipinski definition) is 2. The molecule has 1 saturated heterocycles. The molecule has 0 spiro atoms. The molecule has 0 aliphatic carbocycles. The van der Waals surface area contributed by atoms with Gasteiger partial charge in [0.25, 0.3) is 5.91 Å². The molecule has 1 fully saturated rings. The Morgan fingerprint density at radius 3 is 2.15 bits per heavy atom. The van der Waals surface area contributed by atoms with Crippen molar-refractivity contribution in [3.05, 3.63) is 70.8 Å². The molecule has 2 aromatic carbocycles. The van der Waals surface area contributed by atoms with E-state index in [0.29, 0.717) is 45.0 Å². The highest BCUT2D eigenvalue weighted by molar-refractivity contribution is 5.94. The Hall–Kier alpha value is -2.70. The average Bonchev–Trinajstić information content (AvgIpc) is 2.68. The van der Waals surface area contributed by atoms with Crippen LogP contribution in [-0.4, -0.2) is 48.2 Å². The van der Waals surface area contributed by atoms with E-state index in [1.165, 1.54) is 0 Å². The number of nitrogens with one attached hydrogen (secondary N) is 1. The SMILES string of the molecule is O=C(O)c1cccc(CNCc2cccc(C(=O)N3CCOCC3)c2)c1. The van der Waals surface area contributed by atoms with Crippen molar-refractivity contribution in [3.63, 3.8) is 0 Å². The predicted molar refractivity (Wildman–Crippen MR) is 97.1 cm³/mol. The van der Waals surface area contributed by atoms with Gasteiger partial charge in [0.05, 0.1) is 18.8 Å². The lowest BCUT2D eigenvalue weighted by Crippen LogP contribution is -2.40. The van der Waals surface area contributed by atoms with Gasteiger partial charge in [-0.3, -0.25) is 4.79 Å². The third-order valence-electron chi connectivity index (χ3n) is 4.30. The lowest BCUT2D eigenvalue weighted by molar-refractivity contribution is 0.0303. The average molecular weight is 354 g/mol. The van der Waals surface area contributed by atoms with E-state index in [0.717, 1.165) is 11.1 Å². The topological polar surface area (TPSA) is 78.9 Å². The number of aromatic carboxylic acids is 1. The first-order valence-electron chi connectivity index (χ1n) is 8.62. The maximum atomic E-state index is 12.5. The molecule has 136 valence electrons. The lowest BCUT2D eigenvalue weighted by Gasteiger charge is -2.27. The van der Waals surface area contributed by atoms with Crippen LogP contribution < -0.4 is 5.32 Å². The van der Waals surface area contributed by atoms with Crippen LogP contribution in [-0.2, 0) is 17.8 Å². The summed E-state index contributed by atoms with van der Waals surface area (Å²) in [5.41, 5.74) is 2.88. The highest BCUT2D eigenvalue weighted by Crippen LogP contribution is 2.11. The zero-order valence-electron chi connectivity index (χ0n) is 14.5. The van der Waals surface area contributed by atoms with Gasteiger partial charge in [0.2, 0.25) is 0 Å². The first-order valence-corrected chi connectivity index (χ1v) is 8.62. The van der Waals surface area contributed by atoms with Crippen molar-refractivity contribution in [2.45, 2.75) is 13.1 Å². The van der Waals surface area contributed by atoms with Crippen molar-refractivity contribution in [1.29, 1.82) is 0 Å². The summed E-state index contributed by atoms with van der Waals surface area (Å²) in [5.74, 6) is -0.898. The molecule has 2 N–H and O–H groups in total. The molecule has 6 heteroatoms. The quantitative estimate of drug-likeness (QED) is 0.831. The minimum atomic E-state index is -0.929. The van der Waals surface area contributed by atoms with E-state index in [4.69, 9.17) is 9.84 Å². The van der Waals surface area contributed by atoms with Gasteiger partial charge in [-0.25, -0.2) is 4.79 Å². The first-order chi connectivity index (χ1) is 12.6. The largest absolute Gasteiger partial charge is 0.478 e. The molecule has 0 atom stereocenters. The van der Waals surface area contributed by atoms with Crippen LogP contribution in [0.4, 0.5) is 0 Å². The molecule has 26 heavy (non-hydrogen) atoms. The fraction of sp³-hybridized carbons (Fsp3) is 0.300. The molecule has 1 heterocycles. The summed E-state index contributed by atoms with van der Waals surface area (Å²) in [7, 11) is 0. The molecule has 0 radical (unpaired) electrons. The van der Waals surface area contributed by atoms with Gasteiger partial charge in [-0.15, -0.1) is 0 Å². The number of hydrogen-bond acceptors (Lipinski definition) is 4. The summed E-state index contributed by atoms with van der Waals surface area (Å²) >= 11 is 0. The van der Waals surface area contributed by atoms with Crippen molar-refractivity contribution in [1.82, 2.24) is 10.2 Å². The first kappa shape index (κ1) is 18.1.